The first-order valence-electron chi connectivity index (χ1n) is 5.32. The zero-order chi connectivity index (χ0) is 11.3. The number of hydrogen-bond acceptors (Lipinski definition) is 3. The average Bonchev–Trinajstić information content (AvgIpc) is 2.26. The van der Waals surface area contributed by atoms with Crippen LogP contribution in [0.2, 0.25) is 0 Å². The minimum atomic E-state index is -0.562. The topological polar surface area (TPSA) is 62.1 Å². The molecule has 4 heteroatoms. The van der Waals surface area contributed by atoms with Gasteiger partial charge in [-0.25, -0.2) is 0 Å². The Morgan fingerprint density at radius 3 is 2.73 bits per heavy atom. The van der Waals surface area contributed by atoms with E-state index in [1.807, 2.05) is 6.07 Å². The Kier molecular flexibility index (Phi) is 4.10. The fourth-order valence-corrected chi connectivity index (χ4v) is 1.55. The molecule has 0 aromatic rings. The lowest BCUT2D eigenvalue weighted by atomic mass is 9.82. The van der Waals surface area contributed by atoms with E-state index < -0.39 is 5.92 Å². The van der Waals surface area contributed by atoms with Gasteiger partial charge in [0.1, 0.15) is 5.92 Å². The molecular weight excluding hydrogens is 192 g/mol. The molecule has 0 aromatic heterocycles. The molecule has 0 saturated carbocycles. The van der Waals surface area contributed by atoms with Gasteiger partial charge in [-0.1, -0.05) is 6.92 Å². The SMILES string of the molecule is CC(C#N)C(=O)NCC1(C)CCOCC1. The van der Waals surface area contributed by atoms with Crippen LogP contribution in [0.5, 0.6) is 0 Å². The van der Waals surface area contributed by atoms with Crippen molar-refractivity contribution in [2.45, 2.75) is 26.7 Å². The van der Waals surface area contributed by atoms with E-state index in [2.05, 4.69) is 12.2 Å². The Balaban J connectivity index is 2.35. The van der Waals surface area contributed by atoms with Gasteiger partial charge >= 0.3 is 0 Å². The largest absolute Gasteiger partial charge is 0.381 e. The minimum absolute atomic E-state index is 0.128. The summed E-state index contributed by atoms with van der Waals surface area (Å²) in [6, 6.07) is 1.93. The molecular formula is C11H18N2O2. The fraction of sp³-hybridized carbons (Fsp3) is 0.818. The van der Waals surface area contributed by atoms with Gasteiger partial charge in [-0.05, 0) is 25.2 Å². The highest BCUT2D eigenvalue weighted by molar-refractivity contribution is 5.80. The van der Waals surface area contributed by atoms with Crippen LogP contribution in [0.3, 0.4) is 0 Å². The number of carbonyl (C=O) groups excluding carboxylic acids is 1. The summed E-state index contributed by atoms with van der Waals surface area (Å²) in [5, 5.41) is 11.4. The third-order valence-electron chi connectivity index (χ3n) is 2.98. The lowest BCUT2D eigenvalue weighted by Gasteiger charge is -2.33. The van der Waals surface area contributed by atoms with E-state index >= 15 is 0 Å². The van der Waals surface area contributed by atoms with Crippen LogP contribution in [0, 0.1) is 22.7 Å². The highest BCUT2D eigenvalue weighted by Gasteiger charge is 2.28. The second-order valence-corrected chi connectivity index (χ2v) is 4.49. The maximum Gasteiger partial charge on any atom is 0.237 e. The number of nitriles is 1. The van der Waals surface area contributed by atoms with Gasteiger partial charge in [-0.3, -0.25) is 4.79 Å². The quantitative estimate of drug-likeness (QED) is 0.758. The first-order valence-corrected chi connectivity index (χ1v) is 5.32. The lowest BCUT2D eigenvalue weighted by Crippen LogP contribution is -2.40. The van der Waals surface area contributed by atoms with Crippen LogP contribution >= 0.6 is 0 Å². The average molecular weight is 210 g/mol. The van der Waals surface area contributed by atoms with Crippen molar-refractivity contribution in [3.8, 4) is 6.07 Å². The zero-order valence-corrected chi connectivity index (χ0v) is 9.38. The Bertz CT molecular complexity index is 264. The predicted octanol–water partition coefficient (Wildman–Crippen LogP) is 1.08. The molecule has 15 heavy (non-hydrogen) atoms. The van der Waals surface area contributed by atoms with Crippen LogP contribution in [0.25, 0.3) is 0 Å². The molecule has 1 N–H and O–H groups in total. The third-order valence-corrected chi connectivity index (χ3v) is 2.98. The summed E-state index contributed by atoms with van der Waals surface area (Å²) in [6.07, 6.45) is 1.93. The molecule has 1 fully saturated rings. The molecule has 1 aliphatic rings. The molecule has 1 aliphatic heterocycles. The van der Waals surface area contributed by atoms with Crippen molar-refractivity contribution in [3.63, 3.8) is 0 Å². The van der Waals surface area contributed by atoms with Crippen molar-refractivity contribution in [2.24, 2.45) is 11.3 Å². The smallest absolute Gasteiger partial charge is 0.237 e. The van der Waals surface area contributed by atoms with Gasteiger partial charge in [0, 0.05) is 19.8 Å². The second-order valence-electron chi connectivity index (χ2n) is 4.49. The van der Waals surface area contributed by atoms with E-state index in [1.165, 1.54) is 0 Å². The molecule has 4 nitrogen and oxygen atoms in total. The molecule has 0 bridgehead atoms. The normalized spacial score (nSPS) is 21.4. The summed E-state index contributed by atoms with van der Waals surface area (Å²) in [4.78, 5) is 11.4. The molecule has 1 atom stereocenters. The molecule has 1 amide bonds. The van der Waals surface area contributed by atoms with Gasteiger partial charge in [0.05, 0.1) is 6.07 Å². The molecule has 1 saturated heterocycles. The van der Waals surface area contributed by atoms with Crippen molar-refractivity contribution >= 4 is 5.91 Å². The predicted molar refractivity (Wildman–Crippen MR) is 55.9 cm³/mol. The van der Waals surface area contributed by atoms with Crippen LogP contribution in [0.15, 0.2) is 0 Å². The van der Waals surface area contributed by atoms with Gasteiger partial charge in [-0.15, -0.1) is 0 Å². The fourth-order valence-electron chi connectivity index (χ4n) is 1.55. The number of nitrogens with one attached hydrogen (secondary N) is 1. The number of hydrogen-bond donors (Lipinski definition) is 1. The van der Waals surface area contributed by atoms with Gasteiger partial charge < -0.3 is 10.1 Å². The number of rotatable bonds is 3. The molecule has 0 aromatic carbocycles. The summed E-state index contributed by atoms with van der Waals surface area (Å²) < 4.78 is 5.28. The summed E-state index contributed by atoms with van der Waals surface area (Å²) >= 11 is 0. The lowest BCUT2D eigenvalue weighted by molar-refractivity contribution is -0.123. The van der Waals surface area contributed by atoms with Crippen LogP contribution in [0.1, 0.15) is 26.7 Å². The monoisotopic (exact) mass is 210 g/mol. The van der Waals surface area contributed by atoms with E-state index in [4.69, 9.17) is 10.00 Å². The van der Waals surface area contributed by atoms with E-state index in [-0.39, 0.29) is 11.3 Å². The first kappa shape index (κ1) is 12.0. The summed E-state index contributed by atoms with van der Waals surface area (Å²) in [6.45, 7) is 5.93. The van der Waals surface area contributed by atoms with E-state index in [9.17, 15) is 4.79 Å². The van der Waals surface area contributed by atoms with Crippen molar-refractivity contribution < 1.29 is 9.53 Å². The molecule has 0 aliphatic carbocycles. The van der Waals surface area contributed by atoms with Crippen molar-refractivity contribution in [1.82, 2.24) is 5.32 Å². The number of amides is 1. The van der Waals surface area contributed by atoms with Crippen LogP contribution in [-0.2, 0) is 9.53 Å². The van der Waals surface area contributed by atoms with E-state index in [0.29, 0.717) is 6.54 Å². The standard InChI is InChI=1S/C11H18N2O2/c1-9(7-12)10(14)13-8-11(2)3-5-15-6-4-11/h9H,3-6,8H2,1-2H3,(H,13,14). The van der Waals surface area contributed by atoms with E-state index in [0.717, 1.165) is 26.1 Å². The summed E-state index contributed by atoms with van der Waals surface area (Å²) in [7, 11) is 0. The zero-order valence-electron chi connectivity index (χ0n) is 9.38. The Hall–Kier alpha value is -1.08. The maximum absolute atomic E-state index is 11.4. The van der Waals surface area contributed by atoms with Gasteiger partial charge in [0.15, 0.2) is 0 Å². The highest BCUT2D eigenvalue weighted by atomic mass is 16.5. The van der Waals surface area contributed by atoms with Crippen molar-refractivity contribution in [1.29, 1.82) is 5.26 Å². The maximum atomic E-state index is 11.4. The Labute approximate surface area is 90.6 Å². The first-order chi connectivity index (χ1) is 7.07. The molecule has 84 valence electrons. The number of carbonyl (C=O) groups is 1. The van der Waals surface area contributed by atoms with Crippen molar-refractivity contribution in [2.75, 3.05) is 19.8 Å². The number of nitrogens with zero attached hydrogens (tertiary/aromatic N) is 1. The third kappa shape index (κ3) is 3.52. The highest BCUT2D eigenvalue weighted by Crippen LogP contribution is 2.28. The summed E-state index contributed by atoms with van der Waals surface area (Å²) in [5.41, 5.74) is 0.128. The molecule has 1 heterocycles. The second kappa shape index (κ2) is 5.13. The van der Waals surface area contributed by atoms with Crippen LogP contribution < -0.4 is 5.32 Å². The minimum Gasteiger partial charge on any atom is -0.381 e. The van der Waals surface area contributed by atoms with Gasteiger partial charge in [0.25, 0.3) is 0 Å². The van der Waals surface area contributed by atoms with Crippen molar-refractivity contribution in [3.05, 3.63) is 0 Å². The van der Waals surface area contributed by atoms with Crippen LogP contribution in [0.4, 0.5) is 0 Å². The van der Waals surface area contributed by atoms with Gasteiger partial charge in [0.2, 0.25) is 5.91 Å². The van der Waals surface area contributed by atoms with Crippen LogP contribution in [-0.4, -0.2) is 25.7 Å². The number of ether oxygens (including phenoxy) is 1. The molecule has 0 spiro atoms. The Morgan fingerprint density at radius 2 is 2.20 bits per heavy atom. The Morgan fingerprint density at radius 1 is 1.60 bits per heavy atom. The van der Waals surface area contributed by atoms with E-state index in [1.54, 1.807) is 6.92 Å². The van der Waals surface area contributed by atoms with Gasteiger partial charge in [-0.2, -0.15) is 5.26 Å². The molecule has 1 unspecified atom stereocenters. The molecule has 1 rings (SSSR count). The molecule has 0 radical (unpaired) electrons. The summed E-state index contributed by atoms with van der Waals surface area (Å²) in [5.74, 6) is -0.737.